The Balaban J connectivity index is 3.42. The highest BCUT2D eigenvalue weighted by atomic mass is 35.5. The fourth-order valence-electron chi connectivity index (χ4n) is 2.68. The third-order valence-electron chi connectivity index (χ3n) is 3.78. The number of hydrogen-bond donors (Lipinski definition) is 0. The number of likely N-dealkylation sites (N-methyl/N-ethyl adjacent to an activating group) is 1. The Morgan fingerprint density at radius 1 is 1.21 bits per heavy atom. The molecule has 1 aliphatic heterocycles. The fourth-order valence-corrected chi connectivity index (χ4v) is 4.06. The predicted molar refractivity (Wildman–Crippen MR) is 94.1 cm³/mol. The molecular weight excluding hydrogens is 350 g/mol. The standard InChI is InChI=1S/C16H26ClNO5Si/c1-7-22-15(20)12(16(21)23-8-2)11-10(9-18(3)14(11)19)13(17)24(4,5)6/h11-12H,7-9H2,1-6H3/b13-10-. The number of carbonyl (C=O) groups excluding carboxylic acids is 3. The second-order valence-corrected chi connectivity index (χ2v) is 12.4. The molecule has 136 valence electrons. The summed E-state index contributed by atoms with van der Waals surface area (Å²) >= 11 is 6.55. The number of hydrogen-bond acceptors (Lipinski definition) is 5. The van der Waals surface area contributed by atoms with E-state index in [4.69, 9.17) is 21.1 Å². The number of ether oxygens (including phenoxy) is 2. The fraction of sp³-hybridized carbons (Fsp3) is 0.688. The van der Waals surface area contributed by atoms with Crippen LogP contribution in [-0.2, 0) is 23.9 Å². The Morgan fingerprint density at radius 3 is 2.04 bits per heavy atom. The van der Waals surface area contributed by atoms with Crippen LogP contribution >= 0.6 is 11.6 Å². The minimum absolute atomic E-state index is 0.117. The van der Waals surface area contributed by atoms with E-state index in [1.807, 2.05) is 19.6 Å². The predicted octanol–water partition coefficient (Wildman–Crippen LogP) is 2.19. The van der Waals surface area contributed by atoms with Gasteiger partial charge in [-0.05, 0) is 19.4 Å². The van der Waals surface area contributed by atoms with E-state index < -0.39 is 31.8 Å². The van der Waals surface area contributed by atoms with Crippen molar-refractivity contribution in [1.29, 1.82) is 0 Å². The van der Waals surface area contributed by atoms with Gasteiger partial charge >= 0.3 is 11.9 Å². The first-order valence-electron chi connectivity index (χ1n) is 8.03. The highest BCUT2D eigenvalue weighted by molar-refractivity contribution is 6.91. The average Bonchev–Trinajstić information content (AvgIpc) is 2.75. The molecule has 0 N–H and O–H groups in total. The highest BCUT2D eigenvalue weighted by Crippen LogP contribution is 2.37. The normalized spacial score (nSPS) is 20.4. The smallest absolute Gasteiger partial charge is 0.321 e. The second-order valence-electron chi connectivity index (χ2n) is 6.74. The van der Waals surface area contributed by atoms with Crippen molar-refractivity contribution in [3.05, 3.63) is 10.2 Å². The van der Waals surface area contributed by atoms with E-state index in [0.29, 0.717) is 16.8 Å². The molecule has 1 saturated heterocycles. The number of nitrogens with zero attached hydrogens (tertiary/aromatic N) is 1. The van der Waals surface area contributed by atoms with Gasteiger partial charge in [-0.1, -0.05) is 31.2 Å². The number of rotatable bonds is 6. The van der Waals surface area contributed by atoms with Gasteiger partial charge in [0.25, 0.3) is 0 Å². The van der Waals surface area contributed by atoms with E-state index in [0.717, 1.165) is 0 Å². The Hall–Kier alpha value is -1.34. The second kappa shape index (κ2) is 8.16. The maximum atomic E-state index is 12.6. The summed E-state index contributed by atoms with van der Waals surface area (Å²) in [5.41, 5.74) is 0.634. The summed E-state index contributed by atoms with van der Waals surface area (Å²) < 4.78 is 10.6. The van der Waals surface area contributed by atoms with Crippen LogP contribution in [0.15, 0.2) is 10.2 Å². The molecule has 0 spiro atoms. The molecule has 0 radical (unpaired) electrons. The van der Waals surface area contributed by atoms with Crippen molar-refractivity contribution in [2.24, 2.45) is 11.8 Å². The van der Waals surface area contributed by atoms with Crippen LogP contribution in [0.1, 0.15) is 13.8 Å². The van der Waals surface area contributed by atoms with E-state index in [-0.39, 0.29) is 19.1 Å². The van der Waals surface area contributed by atoms with Crippen LogP contribution in [0.25, 0.3) is 0 Å². The summed E-state index contributed by atoms with van der Waals surface area (Å²) in [6, 6.07) is 0. The van der Waals surface area contributed by atoms with E-state index in [2.05, 4.69) is 0 Å². The molecule has 1 aliphatic rings. The zero-order valence-electron chi connectivity index (χ0n) is 15.1. The van der Waals surface area contributed by atoms with Crippen LogP contribution in [0.2, 0.25) is 19.6 Å². The number of likely N-dealkylation sites (tertiary alicyclic amines) is 1. The van der Waals surface area contributed by atoms with E-state index in [1.54, 1.807) is 20.9 Å². The Morgan fingerprint density at radius 2 is 1.67 bits per heavy atom. The molecular formula is C16H26ClNO5Si. The Bertz CT molecular complexity index is 537. The zero-order valence-corrected chi connectivity index (χ0v) is 16.9. The Kier molecular flexibility index (Phi) is 7.04. The van der Waals surface area contributed by atoms with Crippen molar-refractivity contribution in [3.8, 4) is 0 Å². The lowest BCUT2D eigenvalue weighted by atomic mass is 9.88. The van der Waals surface area contributed by atoms with Crippen LogP contribution in [0.5, 0.6) is 0 Å². The highest BCUT2D eigenvalue weighted by Gasteiger charge is 2.49. The quantitative estimate of drug-likeness (QED) is 0.404. The van der Waals surface area contributed by atoms with Crippen molar-refractivity contribution in [3.63, 3.8) is 0 Å². The lowest BCUT2D eigenvalue weighted by molar-refractivity contribution is -0.165. The van der Waals surface area contributed by atoms with Crippen molar-refractivity contribution in [2.45, 2.75) is 33.5 Å². The molecule has 0 saturated carbocycles. The molecule has 1 unspecified atom stereocenters. The van der Waals surface area contributed by atoms with Gasteiger partial charge < -0.3 is 14.4 Å². The summed E-state index contributed by atoms with van der Waals surface area (Å²) in [6.07, 6.45) is 0. The van der Waals surface area contributed by atoms with E-state index in [9.17, 15) is 14.4 Å². The molecule has 1 atom stereocenters. The van der Waals surface area contributed by atoms with Crippen molar-refractivity contribution < 1.29 is 23.9 Å². The molecule has 1 amide bonds. The summed E-state index contributed by atoms with van der Waals surface area (Å²) in [7, 11) is -0.288. The first-order chi connectivity index (χ1) is 11.1. The molecule has 0 aromatic rings. The van der Waals surface area contributed by atoms with Gasteiger partial charge in [0.2, 0.25) is 5.91 Å². The minimum Gasteiger partial charge on any atom is -0.465 e. The third-order valence-corrected chi connectivity index (χ3v) is 7.36. The third kappa shape index (κ3) is 4.39. The van der Waals surface area contributed by atoms with Gasteiger partial charge in [-0.25, -0.2) is 0 Å². The molecule has 24 heavy (non-hydrogen) atoms. The van der Waals surface area contributed by atoms with E-state index in [1.165, 1.54) is 4.90 Å². The molecule has 0 aromatic carbocycles. The number of esters is 2. The molecule has 6 nitrogen and oxygen atoms in total. The van der Waals surface area contributed by atoms with Crippen LogP contribution in [-0.4, -0.2) is 57.6 Å². The van der Waals surface area contributed by atoms with Gasteiger partial charge in [-0.15, -0.1) is 0 Å². The molecule has 1 fully saturated rings. The maximum Gasteiger partial charge on any atom is 0.321 e. The molecule has 0 aliphatic carbocycles. The van der Waals surface area contributed by atoms with Crippen LogP contribution in [0.3, 0.4) is 0 Å². The molecule has 8 heteroatoms. The zero-order chi connectivity index (χ0) is 18.7. The average molecular weight is 376 g/mol. The lowest BCUT2D eigenvalue weighted by Gasteiger charge is -2.23. The summed E-state index contributed by atoms with van der Waals surface area (Å²) in [5.74, 6) is -4.08. The Labute approximate surface area is 149 Å². The van der Waals surface area contributed by atoms with Crippen molar-refractivity contribution in [1.82, 2.24) is 4.90 Å². The van der Waals surface area contributed by atoms with Crippen LogP contribution in [0, 0.1) is 11.8 Å². The van der Waals surface area contributed by atoms with Crippen molar-refractivity contribution in [2.75, 3.05) is 26.8 Å². The summed E-state index contributed by atoms with van der Waals surface area (Å²) in [5, 5.41) is 0. The summed E-state index contributed by atoms with van der Waals surface area (Å²) in [4.78, 5) is 38.9. The number of amides is 1. The van der Waals surface area contributed by atoms with Gasteiger partial charge in [-0.3, -0.25) is 14.4 Å². The summed E-state index contributed by atoms with van der Waals surface area (Å²) in [6.45, 7) is 9.98. The minimum atomic E-state index is -1.92. The van der Waals surface area contributed by atoms with Crippen LogP contribution in [0.4, 0.5) is 0 Å². The number of halogens is 1. The van der Waals surface area contributed by atoms with E-state index >= 15 is 0 Å². The van der Waals surface area contributed by atoms with Gasteiger partial charge in [0.05, 0.1) is 27.2 Å². The van der Waals surface area contributed by atoms with Crippen molar-refractivity contribution >= 4 is 37.5 Å². The van der Waals surface area contributed by atoms with Crippen LogP contribution < -0.4 is 0 Å². The molecule has 1 heterocycles. The van der Waals surface area contributed by atoms with Gasteiger partial charge in [-0.2, -0.15) is 0 Å². The molecule has 1 rings (SSSR count). The van der Waals surface area contributed by atoms with Gasteiger partial charge in [0.15, 0.2) is 5.92 Å². The first-order valence-corrected chi connectivity index (χ1v) is 11.9. The monoisotopic (exact) mass is 375 g/mol. The van der Waals surface area contributed by atoms with Gasteiger partial charge in [0.1, 0.15) is 0 Å². The molecule has 0 bridgehead atoms. The largest absolute Gasteiger partial charge is 0.465 e. The first kappa shape index (κ1) is 20.7. The van der Waals surface area contributed by atoms with Gasteiger partial charge in [0, 0.05) is 18.2 Å². The SMILES string of the molecule is CCOC(=O)C(C(=O)OCC)C1C(=O)N(C)C/C1=C(\Cl)[Si](C)(C)C. The molecule has 0 aromatic heterocycles. The number of carbonyl (C=O) groups is 3. The lowest BCUT2D eigenvalue weighted by Crippen LogP contribution is -2.39. The maximum absolute atomic E-state index is 12.6. The topological polar surface area (TPSA) is 72.9 Å².